The van der Waals surface area contributed by atoms with Crippen molar-refractivity contribution in [3.63, 3.8) is 0 Å². The number of halogens is 2. The van der Waals surface area contributed by atoms with Gasteiger partial charge in [0, 0.05) is 11.5 Å². The average Bonchev–Trinajstić information content (AvgIpc) is 2.46. The van der Waals surface area contributed by atoms with Crippen LogP contribution in [0.4, 0.5) is 4.39 Å². The van der Waals surface area contributed by atoms with Gasteiger partial charge in [-0.15, -0.1) is 0 Å². The highest BCUT2D eigenvalue weighted by Gasteiger charge is 2.21. The molecule has 1 unspecified atom stereocenters. The van der Waals surface area contributed by atoms with Crippen molar-refractivity contribution >= 4 is 21.8 Å². The molecular formula is C16H15BrFNO2. The second-order valence-corrected chi connectivity index (χ2v) is 5.66. The topological polar surface area (TPSA) is 40.5 Å². The van der Waals surface area contributed by atoms with E-state index in [2.05, 4.69) is 15.9 Å². The number of carbonyl (C=O) groups is 1. The Balaban J connectivity index is 2.24. The van der Waals surface area contributed by atoms with Crippen LogP contribution in [-0.4, -0.2) is 23.0 Å². The van der Waals surface area contributed by atoms with Crippen molar-refractivity contribution in [1.82, 2.24) is 4.90 Å². The Bertz CT molecular complexity index is 658. The van der Waals surface area contributed by atoms with Gasteiger partial charge in [-0.25, -0.2) is 4.39 Å². The number of nitrogens with zero attached hydrogens (tertiary/aromatic N) is 1. The Morgan fingerprint density at radius 1 is 1.24 bits per heavy atom. The molecule has 0 aliphatic carbocycles. The van der Waals surface area contributed by atoms with Crippen LogP contribution in [-0.2, 0) is 0 Å². The summed E-state index contributed by atoms with van der Waals surface area (Å²) in [5, 5.41) is 9.30. The van der Waals surface area contributed by atoms with Gasteiger partial charge < -0.3 is 10.0 Å². The van der Waals surface area contributed by atoms with Crippen molar-refractivity contribution in [3.8, 4) is 5.75 Å². The maximum Gasteiger partial charge on any atom is 0.255 e. The van der Waals surface area contributed by atoms with Crippen molar-refractivity contribution in [2.75, 3.05) is 7.05 Å². The normalized spacial score (nSPS) is 12.0. The highest BCUT2D eigenvalue weighted by molar-refractivity contribution is 9.10. The first-order valence-corrected chi connectivity index (χ1v) is 7.20. The van der Waals surface area contributed by atoms with Crippen molar-refractivity contribution < 1.29 is 14.3 Å². The number of phenols is 1. The zero-order valence-electron chi connectivity index (χ0n) is 11.7. The molecule has 0 saturated heterocycles. The summed E-state index contributed by atoms with van der Waals surface area (Å²) in [5.41, 5.74) is 1.31. The summed E-state index contributed by atoms with van der Waals surface area (Å²) in [6.45, 7) is 1.89. The molecule has 2 rings (SSSR count). The first kappa shape index (κ1) is 15.5. The van der Waals surface area contributed by atoms with Gasteiger partial charge in [0.2, 0.25) is 0 Å². The van der Waals surface area contributed by atoms with Crippen LogP contribution in [0.25, 0.3) is 0 Å². The fourth-order valence-electron chi connectivity index (χ4n) is 2.01. The van der Waals surface area contributed by atoms with E-state index in [-0.39, 0.29) is 17.7 Å². The molecule has 3 nitrogen and oxygen atoms in total. The Hall–Kier alpha value is -1.88. The van der Waals surface area contributed by atoms with Crippen molar-refractivity contribution in [1.29, 1.82) is 0 Å². The second-order valence-electron chi connectivity index (χ2n) is 4.81. The molecule has 0 aliphatic rings. The average molecular weight is 352 g/mol. The van der Waals surface area contributed by atoms with Crippen LogP contribution in [0.2, 0.25) is 0 Å². The highest BCUT2D eigenvalue weighted by atomic mass is 79.9. The van der Waals surface area contributed by atoms with Gasteiger partial charge in [0.25, 0.3) is 5.91 Å². The number of phenolic OH excluding ortho intramolecular Hbond substituents is 1. The predicted molar refractivity (Wildman–Crippen MR) is 82.7 cm³/mol. The van der Waals surface area contributed by atoms with Crippen LogP contribution in [0.3, 0.4) is 0 Å². The molecule has 1 atom stereocenters. The van der Waals surface area contributed by atoms with Crippen LogP contribution in [0.1, 0.15) is 28.9 Å². The van der Waals surface area contributed by atoms with E-state index in [1.165, 1.54) is 18.2 Å². The summed E-state index contributed by atoms with van der Waals surface area (Å²) < 4.78 is 13.5. The summed E-state index contributed by atoms with van der Waals surface area (Å²) >= 11 is 3.21. The second kappa shape index (κ2) is 6.26. The molecule has 0 heterocycles. The number of benzene rings is 2. The van der Waals surface area contributed by atoms with E-state index in [0.717, 1.165) is 5.56 Å². The summed E-state index contributed by atoms with van der Waals surface area (Å²) in [6.07, 6.45) is 0. The Morgan fingerprint density at radius 2 is 1.86 bits per heavy atom. The lowest BCUT2D eigenvalue weighted by atomic mass is 10.1. The summed E-state index contributed by atoms with van der Waals surface area (Å²) in [5.74, 6) is -0.420. The van der Waals surface area contributed by atoms with Crippen LogP contribution < -0.4 is 0 Å². The van der Waals surface area contributed by atoms with Crippen LogP contribution in [0.5, 0.6) is 5.75 Å². The largest absolute Gasteiger partial charge is 0.508 e. The van der Waals surface area contributed by atoms with Gasteiger partial charge in [0.1, 0.15) is 11.6 Å². The molecule has 21 heavy (non-hydrogen) atoms. The number of aromatic hydroxyl groups is 1. The third kappa shape index (κ3) is 3.42. The molecule has 5 heteroatoms. The fourth-order valence-corrected chi connectivity index (χ4v) is 2.53. The van der Waals surface area contributed by atoms with Gasteiger partial charge in [-0.2, -0.15) is 0 Å². The quantitative estimate of drug-likeness (QED) is 0.903. The van der Waals surface area contributed by atoms with Gasteiger partial charge in [0.15, 0.2) is 0 Å². The third-order valence-electron chi connectivity index (χ3n) is 3.44. The van der Waals surface area contributed by atoms with E-state index in [1.54, 1.807) is 36.2 Å². The van der Waals surface area contributed by atoms with E-state index in [4.69, 9.17) is 0 Å². The Morgan fingerprint density at radius 3 is 2.43 bits per heavy atom. The first-order valence-electron chi connectivity index (χ1n) is 6.41. The predicted octanol–water partition coefficient (Wildman–Crippen LogP) is 4.13. The van der Waals surface area contributed by atoms with E-state index in [9.17, 15) is 14.3 Å². The van der Waals surface area contributed by atoms with E-state index in [0.29, 0.717) is 10.0 Å². The molecule has 2 aromatic rings. The zero-order chi connectivity index (χ0) is 15.6. The minimum atomic E-state index is -0.396. The fraction of sp³-hybridized carbons (Fsp3) is 0.188. The maximum absolute atomic E-state index is 13.1. The summed E-state index contributed by atoms with van der Waals surface area (Å²) in [4.78, 5) is 14.1. The van der Waals surface area contributed by atoms with Gasteiger partial charge in [-0.1, -0.05) is 12.1 Å². The number of amides is 1. The molecule has 0 bridgehead atoms. The Labute approximate surface area is 131 Å². The van der Waals surface area contributed by atoms with E-state index < -0.39 is 5.82 Å². The maximum atomic E-state index is 13.1. The lowest BCUT2D eigenvalue weighted by Crippen LogP contribution is -2.29. The molecule has 0 aromatic heterocycles. The van der Waals surface area contributed by atoms with Crippen LogP contribution in [0.15, 0.2) is 46.9 Å². The van der Waals surface area contributed by atoms with Crippen molar-refractivity contribution in [3.05, 3.63) is 63.9 Å². The van der Waals surface area contributed by atoms with Gasteiger partial charge in [-0.05, 0) is 58.7 Å². The first-order chi connectivity index (χ1) is 9.90. The molecule has 0 spiro atoms. The highest BCUT2D eigenvalue weighted by Crippen LogP contribution is 2.25. The monoisotopic (exact) mass is 351 g/mol. The van der Waals surface area contributed by atoms with Crippen LogP contribution in [0, 0.1) is 5.82 Å². The smallest absolute Gasteiger partial charge is 0.255 e. The molecule has 0 radical (unpaired) electrons. The number of hydrogen-bond donors (Lipinski definition) is 1. The third-order valence-corrected chi connectivity index (χ3v) is 4.09. The van der Waals surface area contributed by atoms with Gasteiger partial charge in [-0.3, -0.25) is 4.79 Å². The molecule has 1 amide bonds. The van der Waals surface area contributed by atoms with Crippen molar-refractivity contribution in [2.45, 2.75) is 13.0 Å². The van der Waals surface area contributed by atoms with Gasteiger partial charge >= 0.3 is 0 Å². The summed E-state index contributed by atoms with van der Waals surface area (Å²) in [7, 11) is 1.69. The molecule has 0 fully saturated rings. The molecule has 110 valence electrons. The molecule has 1 N–H and O–H groups in total. The van der Waals surface area contributed by atoms with Crippen LogP contribution >= 0.6 is 15.9 Å². The standard InChI is InChI=1S/C16H15BrFNO2/c1-10(11-3-6-13(20)7-4-11)19(2)16(21)14-8-5-12(18)9-15(14)17/h3-10,20H,1-2H3. The molecule has 2 aromatic carbocycles. The molecule has 0 saturated carbocycles. The van der Waals surface area contributed by atoms with Crippen molar-refractivity contribution in [2.24, 2.45) is 0 Å². The minimum Gasteiger partial charge on any atom is -0.508 e. The van der Waals surface area contributed by atoms with Gasteiger partial charge in [0.05, 0.1) is 11.6 Å². The number of carbonyl (C=O) groups excluding carboxylic acids is 1. The summed E-state index contributed by atoms with van der Waals surface area (Å²) in [6, 6.07) is 10.5. The number of rotatable bonds is 3. The lowest BCUT2D eigenvalue weighted by Gasteiger charge is -2.26. The lowest BCUT2D eigenvalue weighted by molar-refractivity contribution is 0.0741. The molecular weight excluding hydrogens is 337 g/mol. The Kier molecular flexibility index (Phi) is 4.63. The van der Waals surface area contributed by atoms with E-state index in [1.807, 2.05) is 6.92 Å². The van der Waals surface area contributed by atoms with E-state index >= 15 is 0 Å². The zero-order valence-corrected chi connectivity index (χ0v) is 13.3. The minimum absolute atomic E-state index is 0.171. The SMILES string of the molecule is CC(c1ccc(O)cc1)N(C)C(=O)c1ccc(F)cc1Br. The number of hydrogen-bond acceptors (Lipinski definition) is 2. The molecule has 0 aliphatic heterocycles.